The highest BCUT2D eigenvalue weighted by atomic mass is 24.3. The smallest absolute Gasteiger partial charge is 0.300 e. The van der Waals surface area contributed by atoms with Crippen LogP contribution in [-0.2, 0) is 4.79 Å². The lowest BCUT2D eigenvalue weighted by atomic mass is 10.1. The van der Waals surface area contributed by atoms with Crippen LogP contribution in [0.25, 0.3) is 0 Å². The van der Waals surface area contributed by atoms with Gasteiger partial charge in [0.05, 0.1) is 6.42 Å². The number of rotatable bonds is 3. The molecule has 1 aromatic carbocycles. The van der Waals surface area contributed by atoms with Gasteiger partial charge in [-0.3, -0.25) is 9.59 Å². The van der Waals surface area contributed by atoms with Gasteiger partial charge >= 0.3 is 23.1 Å². The molecule has 0 fully saturated rings. The maximum atomic E-state index is 11.2. The highest BCUT2D eigenvalue weighted by Crippen LogP contribution is 2.02. The molecule has 2 nitrogen and oxygen atoms in total. The van der Waals surface area contributed by atoms with Crippen molar-refractivity contribution in [3.63, 3.8) is 0 Å². The number of ketones is 2. The second-order valence-electron chi connectivity index (χ2n) is 2.67. The van der Waals surface area contributed by atoms with E-state index in [4.69, 9.17) is 0 Å². The summed E-state index contributed by atoms with van der Waals surface area (Å²) in [6, 6.07) is 8.84. The van der Waals surface area contributed by atoms with Crippen LogP contribution < -0.4 is 0 Å². The lowest BCUT2D eigenvalue weighted by Crippen LogP contribution is -2.04. The number of carbonyl (C=O) groups excluding carboxylic acids is 2. The van der Waals surface area contributed by atoms with Crippen LogP contribution >= 0.6 is 0 Å². The minimum atomic E-state index is -0.108. The molecule has 0 unspecified atom stereocenters. The Morgan fingerprint density at radius 3 is 2.15 bits per heavy atom. The Morgan fingerprint density at radius 2 is 1.69 bits per heavy atom. The summed E-state index contributed by atoms with van der Waals surface area (Å²) < 4.78 is 0. The summed E-state index contributed by atoms with van der Waals surface area (Å²) in [5.74, 6) is -0.202. The molecule has 3 heteroatoms. The normalized spacial score (nSPS) is 8.69. The van der Waals surface area contributed by atoms with Gasteiger partial charge in [0.25, 0.3) is 0 Å². The molecule has 0 aliphatic heterocycles. The molecule has 0 aliphatic rings. The Morgan fingerprint density at radius 1 is 1.15 bits per heavy atom. The highest BCUT2D eigenvalue weighted by Gasteiger charge is 2.06. The van der Waals surface area contributed by atoms with E-state index in [2.05, 4.69) is 0 Å². The van der Waals surface area contributed by atoms with Gasteiger partial charge in [0.15, 0.2) is 5.78 Å². The minimum Gasteiger partial charge on any atom is -0.300 e. The fourth-order valence-electron chi connectivity index (χ4n) is 0.952. The van der Waals surface area contributed by atoms with Crippen molar-refractivity contribution in [2.45, 2.75) is 13.3 Å². The van der Waals surface area contributed by atoms with Crippen LogP contribution in [0.5, 0.6) is 0 Å². The van der Waals surface area contributed by atoms with Gasteiger partial charge in [-0.25, -0.2) is 0 Å². The van der Waals surface area contributed by atoms with Crippen molar-refractivity contribution in [2.75, 3.05) is 0 Å². The molecular formula is C10H12MgO2. The van der Waals surface area contributed by atoms with Crippen molar-refractivity contribution < 1.29 is 9.59 Å². The molecule has 0 atom stereocenters. The Kier molecular flexibility index (Phi) is 5.58. The van der Waals surface area contributed by atoms with E-state index in [1.165, 1.54) is 6.92 Å². The zero-order valence-corrected chi connectivity index (χ0v) is 6.91. The Bertz CT molecular complexity index is 293. The predicted molar refractivity (Wildman–Crippen MR) is 54.6 cm³/mol. The van der Waals surface area contributed by atoms with Crippen LogP contribution in [0, 0.1) is 0 Å². The second-order valence-corrected chi connectivity index (χ2v) is 2.67. The van der Waals surface area contributed by atoms with E-state index in [-0.39, 0.29) is 41.0 Å². The molecule has 0 N–H and O–H groups in total. The molecule has 0 aliphatic carbocycles. The molecule has 0 radical (unpaired) electrons. The van der Waals surface area contributed by atoms with E-state index in [1.807, 2.05) is 6.07 Å². The van der Waals surface area contributed by atoms with Crippen LogP contribution in [0.1, 0.15) is 23.7 Å². The average Bonchev–Trinajstić information content (AvgIpc) is 2.05. The van der Waals surface area contributed by atoms with Crippen LogP contribution in [-0.4, -0.2) is 34.6 Å². The van der Waals surface area contributed by atoms with Crippen molar-refractivity contribution in [3.8, 4) is 0 Å². The molecule has 66 valence electrons. The third-order valence-corrected chi connectivity index (χ3v) is 1.51. The average molecular weight is 189 g/mol. The summed E-state index contributed by atoms with van der Waals surface area (Å²) in [5, 5.41) is 0. The molecule has 0 spiro atoms. The molecule has 0 aromatic heterocycles. The quantitative estimate of drug-likeness (QED) is 0.402. The second kappa shape index (κ2) is 5.88. The molecule has 0 bridgehead atoms. The standard InChI is InChI=1S/C10H10O2.Mg.2H/c1-8(11)7-10(12)9-5-3-2-4-6-9;;;/h2-6H,7H2,1H3;;;. The fourth-order valence-corrected chi connectivity index (χ4v) is 0.952. The van der Waals surface area contributed by atoms with Gasteiger partial charge in [-0.1, -0.05) is 30.3 Å². The lowest BCUT2D eigenvalue weighted by Gasteiger charge is -1.95. The van der Waals surface area contributed by atoms with Crippen molar-refractivity contribution in [2.24, 2.45) is 0 Å². The predicted octanol–water partition coefficient (Wildman–Crippen LogP) is 0.932. The third kappa shape index (κ3) is 4.19. The molecule has 0 amide bonds. The van der Waals surface area contributed by atoms with E-state index in [1.54, 1.807) is 24.3 Å². The van der Waals surface area contributed by atoms with Gasteiger partial charge in [0.2, 0.25) is 0 Å². The van der Waals surface area contributed by atoms with E-state index >= 15 is 0 Å². The fraction of sp³-hybridized carbons (Fsp3) is 0.200. The maximum absolute atomic E-state index is 11.2. The van der Waals surface area contributed by atoms with Crippen LogP contribution in [0.4, 0.5) is 0 Å². The van der Waals surface area contributed by atoms with Gasteiger partial charge < -0.3 is 0 Å². The topological polar surface area (TPSA) is 34.1 Å². The number of carbonyl (C=O) groups is 2. The van der Waals surface area contributed by atoms with Gasteiger partial charge in [-0.05, 0) is 6.92 Å². The number of hydrogen-bond donors (Lipinski definition) is 0. The number of benzene rings is 1. The summed E-state index contributed by atoms with van der Waals surface area (Å²) in [6.45, 7) is 1.42. The van der Waals surface area contributed by atoms with Gasteiger partial charge in [0, 0.05) is 5.56 Å². The Hall–Kier alpha value is -0.674. The first-order valence-electron chi connectivity index (χ1n) is 3.78. The maximum Gasteiger partial charge on any atom is 0.316 e. The third-order valence-electron chi connectivity index (χ3n) is 1.51. The van der Waals surface area contributed by atoms with Crippen LogP contribution in [0.15, 0.2) is 30.3 Å². The minimum absolute atomic E-state index is 0. The summed E-state index contributed by atoms with van der Waals surface area (Å²) in [5.41, 5.74) is 0.604. The van der Waals surface area contributed by atoms with Gasteiger partial charge in [0.1, 0.15) is 5.78 Å². The van der Waals surface area contributed by atoms with Crippen LogP contribution in [0.2, 0.25) is 0 Å². The van der Waals surface area contributed by atoms with Crippen molar-refractivity contribution in [3.05, 3.63) is 35.9 Å². The van der Waals surface area contributed by atoms with E-state index < -0.39 is 0 Å². The Balaban J connectivity index is 0.00000144. The first kappa shape index (κ1) is 12.3. The summed E-state index contributed by atoms with van der Waals surface area (Å²) in [7, 11) is 0. The van der Waals surface area contributed by atoms with Crippen molar-refractivity contribution in [1.29, 1.82) is 0 Å². The van der Waals surface area contributed by atoms with E-state index in [0.29, 0.717) is 5.56 Å². The molecule has 1 aromatic rings. The van der Waals surface area contributed by atoms with Crippen LogP contribution in [0.3, 0.4) is 0 Å². The molecule has 0 heterocycles. The highest BCUT2D eigenvalue weighted by molar-refractivity contribution is 6.07. The SMILES string of the molecule is CC(=O)CC(=O)c1ccccc1.[MgH2]. The first-order chi connectivity index (χ1) is 5.70. The van der Waals surface area contributed by atoms with Crippen molar-refractivity contribution >= 4 is 34.6 Å². The first-order valence-corrected chi connectivity index (χ1v) is 3.78. The van der Waals surface area contributed by atoms with Gasteiger partial charge in [-0.2, -0.15) is 0 Å². The lowest BCUT2D eigenvalue weighted by molar-refractivity contribution is -0.116. The Labute approximate surface area is 93.5 Å². The van der Waals surface area contributed by atoms with E-state index in [0.717, 1.165) is 0 Å². The van der Waals surface area contributed by atoms with Gasteiger partial charge in [-0.15, -0.1) is 0 Å². The molecular weight excluding hydrogens is 176 g/mol. The summed E-state index contributed by atoms with van der Waals surface area (Å²) in [6.07, 6.45) is 0.00398. The molecule has 0 saturated carbocycles. The van der Waals surface area contributed by atoms with Crippen molar-refractivity contribution in [1.82, 2.24) is 0 Å². The summed E-state index contributed by atoms with van der Waals surface area (Å²) >= 11 is 0. The zero-order chi connectivity index (χ0) is 8.97. The molecule has 13 heavy (non-hydrogen) atoms. The zero-order valence-electron chi connectivity index (χ0n) is 6.91. The summed E-state index contributed by atoms with van der Waals surface area (Å²) in [4.78, 5) is 21.8. The monoisotopic (exact) mass is 188 g/mol. The van der Waals surface area contributed by atoms with E-state index in [9.17, 15) is 9.59 Å². The molecule has 1 rings (SSSR count). The molecule has 0 saturated heterocycles. The largest absolute Gasteiger partial charge is 0.316 e. The number of hydrogen-bond acceptors (Lipinski definition) is 2. The number of Topliss-reactive ketones (excluding diaryl/α,β-unsaturated/α-hetero) is 2.